The molecule has 0 heterocycles. The second kappa shape index (κ2) is 9.93. The average Bonchev–Trinajstić information content (AvgIpc) is 3.19. The summed E-state index contributed by atoms with van der Waals surface area (Å²) >= 11 is 6.00. The highest BCUT2D eigenvalue weighted by Crippen LogP contribution is 2.32. The van der Waals surface area contributed by atoms with E-state index >= 15 is 0 Å². The van der Waals surface area contributed by atoms with Crippen molar-refractivity contribution in [1.82, 2.24) is 0 Å². The van der Waals surface area contributed by atoms with Crippen LogP contribution >= 0.6 is 11.6 Å². The number of carboxylic acid groups (broad SMARTS) is 1. The molecule has 2 N–H and O–H groups in total. The first-order chi connectivity index (χ1) is 12.0. The maximum atomic E-state index is 12.2. The van der Waals surface area contributed by atoms with E-state index in [0.29, 0.717) is 17.9 Å². The van der Waals surface area contributed by atoms with E-state index in [4.69, 9.17) is 16.7 Å². The Morgan fingerprint density at radius 1 is 1.28 bits per heavy atom. The molecule has 0 aromatic heterocycles. The highest BCUT2D eigenvalue weighted by Gasteiger charge is 2.28. The van der Waals surface area contributed by atoms with Crippen LogP contribution in [-0.2, 0) is 9.59 Å². The summed E-state index contributed by atoms with van der Waals surface area (Å²) in [6.07, 6.45) is 14.6. The number of halogens is 1. The van der Waals surface area contributed by atoms with Gasteiger partial charge in [-0.15, -0.1) is 0 Å². The number of aliphatic hydroxyl groups excluding tert-OH is 1. The Hall–Kier alpha value is -1.39. The molecule has 2 unspecified atom stereocenters. The standard InChI is InChI=1S/C20H27ClO4/c21-17-13-15(11-12-18(22)14-7-5-6-8-14)16(20(17)25)9-3-1-2-4-10-19(23)24/h9,11-15,18,22H,1-8,10H2,(H,23,24)/b12-11+,16-9-. The molecule has 4 nitrogen and oxygen atoms in total. The molecule has 0 bridgehead atoms. The number of carbonyl (C=O) groups is 2. The van der Waals surface area contributed by atoms with Crippen molar-refractivity contribution in [3.63, 3.8) is 0 Å². The van der Waals surface area contributed by atoms with Gasteiger partial charge in [-0.3, -0.25) is 9.59 Å². The van der Waals surface area contributed by atoms with E-state index in [9.17, 15) is 14.7 Å². The molecule has 1 fully saturated rings. The molecule has 138 valence electrons. The minimum Gasteiger partial charge on any atom is -0.481 e. The van der Waals surface area contributed by atoms with Gasteiger partial charge in [0.2, 0.25) is 5.78 Å². The lowest BCUT2D eigenvalue weighted by atomic mass is 9.95. The van der Waals surface area contributed by atoms with Crippen LogP contribution in [0, 0.1) is 11.8 Å². The zero-order valence-electron chi connectivity index (χ0n) is 14.5. The molecule has 2 aliphatic rings. The minimum absolute atomic E-state index is 0.141. The van der Waals surface area contributed by atoms with Gasteiger partial charge in [0.15, 0.2) is 0 Å². The van der Waals surface area contributed by atoms with Crippen LogP contribution in [0.4, 0.5) is 0 Å². The van der Waals surface area contributed by atoms with Gasteiger partial charge in [0, 0.05) is 17.9 Å². The van der Waals surface area contributed by atoms with Crippen molar-refractivity contribution in [2.45, 2.75) is 63.9 Å². The molecule has 0 radical (unpaired) electrons. The summed E-state index contributed by atoms with van der Waals surface area (Å²) in [7, 11) is 0. The summed E-state index contributed by atoms with van der Waals surface area (Å²) in [6.45, 7) is 0. The third-order valence-corrected chi connectivity index (χ3v) is 5.32. The highest BCUT2D eigenvalue weighted by atomic mass is 35.5. The molecule has 0 aliphatic heterocycles. The fourth-order valence-corrected chi connectivity index (χ4v) is 3.79. The van der Waals surface area contributed by atoms with Crippen molar-refractivity contribution >= 4 is 23.4 Å². The zero-order valence-corrected chi connectivity index (χ0v) is 15.3. The molecular formula is C20H27ClO4. The van der Waals surface area contributed by atoms with Gasteiger partial charge in [-0.25, -0.2) is 0 Å². The molecular weight excluding hydrogens is 340 g/mol. The molecule has 0 saturated heterocycles. The number of hydrogen-bond acceptors (Lipinski definition) is 3. The predicted molar refractivity (Wildman–Crippen MR) is 98.3 cm³/mol. The lowest BCUT2D eigenvalue weighted by Crippen LogP contribution is -2.14. The van der Waals surface area contributed by atoms with E-state index in [2.05, 4.69) is 0 Å². The molecule has 25 heavy (non-hydrogen) atoms. The van der Waals surface area contributed by atoms with E-state index in [0.717, 1.165) is 32.1 Å². The predicted octanol–water partition coefficient (Wildman–Crippen LogP) is 4.38. The monoisotopic (exact) mass is 366 g/mol. The van der Waals surface area contributed by atoms with Crippen LogP contribution in [0.2, 0.25) is 0 Å². The Morgan fingerprint density at radius 2 is 2.00 bits per heavy atom. The summed E-state index contributed by atoms with van der Waals surface area (Å²) in [4.78, 5) is 22.7. The number of aliphatic hydroxyl groups is 1. The van der Waals surface area contributed by atoms with E-state index in [1.54, 1.807) is 12.2 Å². The molecule has 0 spiro atoms. The topological polar surface area (TPSA) is 74.6 Å². The number of allylic oxidation sites excluding steroid dienone is 5. The number of hydrogen-bond donors (Lipinski definition) is 2. The quantitative estimate of drug-likeness (QED) is 0.361. The Labute approximate surface area is 154 Å². The normalized spacial score (nSPS) is 24.4. The molecule has 0 amide bonds. The Morgan fingerprint density at radius 3 is 2.68 bits per heavy atom. The highest BCUT2D eigenvalue weighted by molar-refractivity contribution is 6.46. The number of aliphatic carboxylic acids is 1. The first-order valence-electron chi connectivity index (χ1n) is 9.19. The van der Waals surface area contributed by atoms with Crippen LogP contribution in [0.15, 0.2) is 34.9 Å². The van der Waals surface area contributed by atoms with Gasteiger partial charge in [-0.1, -0.05) is 55.2 Å². The Kier molecular flexibility index (Phi) is 7.91. The van der Waals surface area contributed by atoms with Crippen LogP contribution in [-0.4, -0.2) is 28.1 Å². The lowest BCUT2D eigenvalue weighted by Gasteiger charge is -2.14. The van der Waals surface area contributed by atoms with Crippen molar-refractivity contribution in [3.8, 4) is 0 Å². The summed E-state index contributed by atoms with van der Waals surface area (Å²) < 4.78 is 0. The number of rotatable bonds is 9. The number of carboxylic acids is 1. The SMILES string of the molecule is O=C(O)CCCCC/C=C1\C(=O)C(Cl)=CC1/C=C/C(O)C1CCCC1. The summed E-state index contributed by atoms with van der Waals surface area (Å²) in [6, 6.07) is 0. The third-order valence-electron chi connectivity index (χ3n) is 5.02. The molecule has 2 rings (SSSR count). The molecule has 0 aromatic carbocycles. The Balaban J connectivity index is 1.87. The van der Waals surface area contributed by atoms with Gasteiger partial charge in [0.1, 0.15) is 0 Å². The smallest absolute Gasteiger partial charge is 0.303 e. The third kappa shape index (κ3) is 6.12. The van der Waals surface area contributed by atoms with Gasteiger partial charge in [-0.2, -0.15) is 0 Å². The molecule has 2 atom stereocenters. The van der Waals surface area contributed by atoms with Crippen LogP contribution in [0.3, 0.4) is 0 Å². The van der Waals surface area contributed by atoms with E-state index in [1.807, 2.05) is 12.2 Å². The second-order valence-electron chi connectivity index (χ2n) is 6.94. The van der Waals surface area contributed by atoms with Gasteiger partial charge >= 0.3 is 5.97 Å². The van der Waals surface area contributed by atoms with Crippen LogP contribution in [0.25, 0.3) is 0 Å². The van der Waals surface area contributed by atoms with Crippen molar-refractivity contribution in [1.29, 1.82) is 0 Å². The fraction of sp³-hybridized carbons (Fsp3) is 0.600. The maximum Gasteiger partial charge on any atom is 0.303 e. The molecule has 5 heteroatoms. The van der Waals surface area contributed by atoms with Crippen LogP contribution in [0.1, 0.15) is 57.8 Å². The van der Waals surface area contributed by atoms with Gasteiger partial charge < -0.3 is 10.2 Å². The van der Waals surface area contributed by atoms with Crippen LogP contribution in [0.5, 0.6) is 0 Å². The summed E-state index contributed by atoms with van der Waals surface area (Å²) in [5.74, 6) is -0.756. The lowest BCUT2D eigenvalue weighted by molar-refractivity contribution is -0.137. The fourth-order valence-electron chi connectivity index (χ4n) is 3.54. The van der Waals surface area contributed by atoms with Crippen molar-refractivity contribution < 1.29 is 19.8 Å². The first kappa shape index (κ1) is 19.9. The minimum atomic E-state index is -0.772. The van der Waals surface area contributed by atoms with Crippen LogP contribution < -0.4 is 0 Å². The van der Waals surface area contributed by atoms with E-state index in [-0.39, 0.29) is 23.2 Å². The Bertz CT molecular complexity index is 570. The van der Waals surface area contributed by atoms with Gasteiger partial charge in [0.05, 0.1) is 11.1 Å². The van der Waals surface area contributed by atoms with Crippen molar-refractivity contribution in [2.75, 3.05) is 0 Å². The van der Waals surface area contributed by atoms with Gasteiger partial charge in [0.25, 0.3) is 0 Å². The van der Waals surface area contributed by atoms with Gasteiger partial charge in [-0.05, 0) is 38.0 Å². The largest absolute Gasteiger partial charge is 0.481 e. The summed E-state index contributed by atoms with van der Waals surface area (Å²) in [5, 5.41) is 19.1. The van der Waals surface area contributed by atoms with E-state index < -0.39 is 12.1 Å². The second-order valence-corrected chi connectivity index (χ2v) is 7.35. The first-order valence-corrected chi connectivity index (χ1v) is 9.57. The van der Waals surface area contributed by atoms with Crippen molar-refractivity contribution in [3.05, 3.63) is 34.9 Å². The van der Waals surface area contributed by atoms with E-state index in [1.165, 1.54) is 12.8 Å². The molecule has 1 saturated carbocycles. The number of unbranched alkanes of at least 4 members (excludes halogenated alkanes) is 3. The average molecular weight is 367 g/mol. The zero-order chi connectivity index (χ0) is 18.2. The summed E-state index contributed by atoms with van der Waals surface area (Å²) in [5.41, 5.74) is 0.665. The number of carbonyl (C=O) groups excluding carboxylic acids is 1. The van der Waals surface area contributed by atoms with Crippen molar-refractivity contribution in [2.24, 2.45) is 11.8 Å². The number of Topliss-reactive ketones (excluding diaryl/α,β-unsaturated/α-hetero) is 1. The molecule has 0 aromatic rings. The maximum absolute atomic E-state index is 12.2. The number of ketones is 1. The molecule has 2 aliphatic carbocycles.